The van der Waals surface area contributed by atoms with E-state index in [2.05, 4.69) is 46.0 Å². The molecule has 0 unspecified atom stereocenters. The third-order valence-corrected chi connectivity index (χ3v) is 9.27. The Labute approximate surface area is 215 Å². The van der Waals surface area contributed by atoms with Crippen LogP contribution in [0.4, 0.5) is 0 Å². The van der Waals surface area contributed by atoms with Crippen LogP contribution in [0.3, 0.4) is 0 Å². The lowest BCUT2D eigenvalue weighted by molar-refractivity contribution is -0.0154. The van der Waals surface area contributed by atoms with Gasteiger partial charge in [-0.25, -0.2) is 0 Å². The molecule has 2 aliphatic carbocycles. The van der Waals surface area contributed by atoms with Gasteiger partial charge in [0.15, 0.2) is 0 Å². The van der Waals surface area contributed by atoms with E-state index in [4.69, 9.17) is 15.8 Å². The van der Waals surface area contributed by atoms with Gasteiger partial charge in [0.2, 0.25) is 0 Å². The summed E-state index contributed by atoms with van der Waals surface area (Å²) in [6, 6.07) is 4.31. The first-order valence-corrected chi connectivity index (χ1v) is 14.0. The van der Waals surface area contributed by atoms with Crippen molar-refractivity contribution < 1.29 is 9.84 Å². The molecule has 1 aromatic rings. The molecule has 196 valence electrons. The van der Waals surface area contributed by atoms with Crippen LogP contribution in [-0.2, 0) is 5.41 Å². The van der Waals surface area contributed by atoms with Crippen LogP contribution in [0.1, 0.15) is 114 Å². The number of hydrogen-bond acceptors (Lipinski definition) is 4. The van der Waals surface area contributed by atoms with Gasteiger partial charge in [-0.3, -0.25) is 0 Å². The first-order chi connectivity index (χ1) is 17.4. The topological polar surface area (TPSA) is 127 Å². The van der Waals surface area contributed by atoms with Gasteiger partial charge in [-0.15, -0.1) is 0 Å². The summed E-state index contributed by atoms with van der Waals surface area (Å²) in [5.41, 5.74) is 19.3. The lowest BCUT2D eigenvalue weighted by Gasteiger charge is -2.49. The van der Waals surface area contributed by atoms with E-state index in [1.54, 1.807) is 0 Å². The van der Waals surface area contributed by atoms with Crippen LogP contribution in [0.2, 0.25) is 0 Å². The van der Waals surface area contributed by atoms with Crippen LogP contribution in [0.15, 0.2) is 22.4 Å². The van der Waals surface area contributed by atoms with Gasteiger partial charge in [0, 0.05) is 34.4 Å². The predicted molar refractivity (Wildman–Crippen MR) is 142 cm³/mol. The van der Waals surface area contributed by atoms with Gasteiger partial charge in [0.05, 0.1) is 0 Å². The first kappa shape index (κ1) is 26.5. The largest absolute Gasteiger partial charge is 0.508 e. The number of hydrogen-bond donors (Lipinski definition) is 1. The van der Waals surface area contributed by atoms with E-state index in [0.717, 1.165) is 49.8 Å². The van der Waals surface area contributed by atoms with Gasteiger partial charge < -0.3 is 9.84 Å². The second kappa shape index (κ2) is 11.7. The smallest absolute Gasteiger partial charge is 0.127 e. The fourth-order valence-electron chi connectivity index (χ4n) is 7.42. The van der Waals surface area contributed by atoms with E-state index < -0.39 is 0 Å². The van der Waals surface area contributed by atoms with E-state index in [1.807, 2.05) is 0 Å². The summed E-state index contributed by atoms with van der Waals surface area (Å²) < 4.78 is 6.64. The Morgan fingerprint density at radius 1 is 1.00 bits per heavy atom. The molecule has 2 fully saturated rings. The molecule has 0 aromatic heterocycles. The van der Waals surface area contributed by atoms with Crippen LogP contribution in [0, 0.1) is 11.8 Å². The number of fused-ring (bicyclic) bond motifs is 3. The van der Waals surface area contributed by atoms with Crippen LogP contribution < -0.4 is 4.74 Å². The minimum absolute atomic E-state index is 0.124. The number of rotatable bonds is 11. The minimum Gasteiger partial charge on any atom is -0.508 e. The zero-order chi connectivity index (χ0) is 25.6. The van der Waals surface area contributed by atoms with E-state index in [1.165, 1.54) is 50.5 Å². The highest BCUT2D eigenvalue weighted by Crippen LogP contribution is 2.57. The number of nitrogens with zero attached hydrogens (tertiary/aromatic N) is 6. The number of phenols is 1. The molecule has 36 heavy (non-hydrogen) atoms. The summed E-state index contributed by atoms with van der Waals surface area (Å²) in [4.78, 5) is 5.80. The zero-order valence-corrected chi connectivity index (χ0v) is 22.0. The Morgan fingerprint density at radius 3 is 2.47 bits per heavy atom. The average molecular weight is 495 g/mol. The van der Waals surface area contributed by atoms with Gasteiger partial charge in [-0.05, 0) is 105 Å². The Kier molecular flexibility index (Phi) is 8.58. The molecular weight excluding hydrogens is 452 g/mol. The molecule has 3 atom stereocenters. The van der Waals surface area contributed by atoms with Gasteiger partial charge in [-0.2, -0.15) is 0 Å². The molecule has 1 N–H and O–H groups in total. The maximum Gasteiger partial charge on any atom is 0.127 e. The molecule has 1 heterocycles. The zero-order valence-electron chi connectivity index (χ0n) is 22.0. The summed E-state index contributed by atoms with van der Waals surface area (Å²) in [5.74, 6) is 2.20. The molecule has 8 nitrogen and oxygen atoms in total. The van der Waals surface area contributed by atoms with Gasteiger partial charge >= 0.3 is 0 Å². The maximum atomic E-state index is 11.4. The highest BCUT2D eigenvalue weighted by Gasteiger charge is 2.48. The van der Waals surface area contributed by atoms with Crippen molar-refractivity contribution in [3.05, 3.63) is 44.1 Å². The summed E-state index contributed by atoms with van der Waals surface area (Å²) in [7, 11) is 0. The van der Waals surface area contributed by atoms with Crippen molar-refractivity contribution in [2.45, 2.75) is 114 Å². The molecule has 1 aliphatic heterocycles. The molecule has 0 spiro atoms. The van der Waals surface area contributed by atoms with Gasteiger partial charge in [0.25, 0.3) is 0 Å². The number of azide groups is 2. The Hall–Kier alpha value is -2.56. The molecular formula is C28H42N6O2. The SMILES string of the molecule is CC1(C)Oc2cc(C3(CCCCCCCN=[N+]=[N-])CCCC3)cc(O)c2[C@@H]2C[C@H](CN=[N+]=[N-])CC[C@H]21. The van der Waals surface area contributed by atoms with E-state index in [-0.39, 0.29) is 16.9 Å². The van der Waals surface area contributed by atoms with Crippen LogP contribution in [-0.4, -0.2) is 23.8 Å². The number of aromatic hydroxyl groups is 1. The molecule has 0 saturated heterocycles. The molecule has 1 aromatic carbocycles. The predicted octanol–water partition coefficient (Wildman–Crippen LogP) is 8.84. The van der Waals surface area contributed by atoms with Gasteiger partial charge in [0.1, 0.15) is 17.1 Å². The molecule has 3 aliphatic rings. The van der Waals surface area contributed by atoms with Crippen molar-refractivity contribution in [2.24, 2.45) is 22.1 Å². The monoisotopic (exact) mass is 494 g/mol. The van der Waals surface area contributed by atoms with Crippen molar-refractivity contribution in [1.29, 1.82) is 0 Å². The molecule has 8 heteroatoms. The van der Waals surface area contributed by atoms with Gasteiger partial charge in [-0.1, -0.05) is 48.8 Å². The first-order valence-electron chi connectivity index (χ1n) is 14.0. The number of benzene rings is 1. The standard InChI is InChI=1S/C28H42N6O2/c1-27(2)23-11-10-20(19-32-34-30)16-22(23)26-24(35)17-21(18-25(26)36-27)28(13-7-8-14-28)12-6-4-3-5-9-15-31-33-29/h17-18,20,22-23,35H,3-16,19H2,1-2H3/t20-,22-,23-/m1/s1. The fourth-order valence-corrected chi connectivity index (χ4v) is 7.42. The summed E-state index contributed by atoms with van der Waals surface area (Å²) in [6.45, 7) is 5.51. The highest BCUT2D eigenvalue weighted by atomic mass is 16.5. The molecule has 0 amide bonds. The van der Waals surface area contributed by atoms with Crippen molar-refractivity contribution in [2.75, 3.05) is 13.1 Å². The van der Waals surface area contributed by atoms with Crippen LogP contribution >= 0.6 is 0 Å². The highest BCUT2D eigenvalue weighted by molar-refractivity contribution is 5.53. The quantitative estimate of drug-likeness (QED) is 0.143. The van der Waals surface area contributed by atoms with Crippen molar-refractivity contribution in [3.63, 3.8) is 0 Å². The fraction of sp³-hybridized carbons (Fsp3) is 0.786. The normalized spacial score (nSPS) is 25.6. The number of unbranched alkanes of at least 4 members (excludes halogenated alkanes) is 4. The van der Waals surface area contributed by atoms with E-state index >= 15 is 0 Å². The molecule has 4 rings (SSSR count). The van der Waals surface area contributed by atoms with Crippen molar-refractivity contribution >= 4 is 0 Å². The number of phenolic OH excluding ortho intramolecular Hbond substituents is 1. The Morgan fingerprint density at radius 2 is 1.72 bits per heavy atom. The van der Waals surface area contributed by atoms with E-state index in [0.29, 0.717) is 30.7 Å². The molecule has 2 saturated carbocycles. The van der Waals surface area contributed by atoms with Crippen molar-refractivity contribution in [1.82, 2.24) is 0 Å². The third kappa shape index (κ3) is 5.71. The van der Waals surface area contributed by atoms with E-state index in [9.17, 15) is 5.11 Å². The number of ether oxygens (including phenoxy) is 1. The minimum atomic E-state index is -0.287. The van der Waals surface area contributed by atoms with Crippen LogP contribution in [0.5, 0.6) is 11.5 Å². The van der Waals surface area contributed by atoms with Crippen LogP contribution in [0.25, 0.3) is 20.9 Å². The summed E-state index contributed by atoms with van der Waals surface area (Å²) >= 11 is 0. The second-order valence-corrected chi connectivity index (χ2v) is 11.9. The Balaban J connectivity index is 1.52. The Bertz CT molecular complexity index is 1010. The maximum absolute atomic E-state index is 11.4. The summed E-state index contributed by atoms with van der Waals surface area (Å²) in [6.07, 6.45) is 14.6. The lowest BCUT2D eigenvalue weighted by Crippen LogP contribution is -2.47. The third-order valence-electron chi connectivity index (χ3n) is 9.27. The molecule has 0 bridgehead atoms. The molecule has 0 radical (unpaired) electrons. The second-order valence-electron chi connectivity index (χ2n) is 11.9. The average Bonchev–Trinajstić information content (AvgIpc) is 3.33. The summed E-state index contributed by atoms with van der Waals surface area (Å²) in [5, 5.41) is 18.9. The van der Waals surface area contributed by atoms with Crippen molar-refractivity contribution in [3.8, 4) is 11.5 Å². The lowest BCUT2D eigenvalue weighted by atomic mass is 9.63.